The van der Waals surface area contributed by atoms with Crippen LogP contribution in [0.5, 0.6) is 0 Å². The van der Waals surface area contributed by atoms with E-state index in [2.05, 4.69) is 10.3 Å². The van der Waals surface area contributed by atoms with Gasteiger partial charge in [0.1, 0.15) is 11.3 Å². The SMILES string of the molecule is CCc1nc2c(C)cccn2c1C(=O)N1CCNCC1. The minimum atomic E-state index is 0.0986. The number of rotatable bonds is 2. The fourth-order valence-electron chi connectivity index (χ4n) is 2.74. The Hall–Kier alpha value is -1.88. The number of amides is 1. The van der Waals surface area contributed by atoms with Gasteiger partial charge in [-0.05, 0) is 25.0 Å². The largest absolute Gasteiger partial charge is 0.335 e. The molecular formula is C15H20N4O. The Labute approximate surface area is 118 Å². The smallest absolute Gasteiger partial charge is 0.272 e. The van der Waals surface area contributed by atoms with Crippen LogP contribution < -0.4 is 5.32 Å². The molecule has 2 aromatic heterocycles. The van der Waals surface area contributed by atoms with E-state index in [0.717, 1.165) is 55.2 Å². The van der Waals surface area contributed by atoms with E-state index in [4.69, 9.17) is 0 Å². The first-order valence-electron chi connectivity index (χ1n) is 7.19. The number of piperazine rings is 1. The van der Waals surface area contributed by atoms with Crippen LogP contribution in [0.3, 0.4) is 0 Å². The Morgan fingerprint density at radius 1 is 1.40 bits per heavy atom. The lowest BCUT2D eigenvalue weighted by molar-refractivity contribution is 0.0727. The highest BCUT2D eigenvalue weighted by Gasteiger charge is 2.24. The van der Waals surface area contributed by atoms with Gasteiger partial charge < -0.3 is 10.2 Å². The van der Waals surface area contributed by atoms with Gasteiger partial charge in [0.25, 0.3) is 5.91 Å². The molecule has 106 valence electrons. The molecule has 3 heterocycles. The number of carbonyl (C=O) groups is 1. The molecule has 0 spiro atoms. The van der Waals surface area contributed by atoms with Crippen molar-refractivity contribution in [2.75, 3.05) is 26.2 Å². The minimum Gasteiger partial charge on any atom is -0.335 e. The van der Waals surface area contributed by atoms with E-state index in [9.17, 15) is 4.79 Å². The summed E-state index contributed by atoms with van der Waals surface area (Å²) >= 11 is 0. The molecule has 1 aliphatic heterocycles. The summed E-state index contributed by atoms with van der Waals surface area (Å²) in [5.41, 5.74) is 3.61. The normalized spacial score (nSPS) is 15.8. The number of nitrogens with zero attached hydrogens (tertiary/aromatic N) is 3. The van der Waals surface area contributed by atoms with Gasteiger partial charge in [-0.15, -0.1) is 0 Å². The molecule has 0 bridgehead atoms. The molecule has 3 rings (SSSR count). The minimum absolute atomic E-state index is 0.0986. The van der Waals surface area contributed by atoms with Gasteiger partial charge in [-0.25, -0.2) is 4.98 Å². The zero-order valence-corrected chi connectivity index (χ0v) is 12.0. The molecule has 5 heteroatoms. The van der Waals surface area contributed by atoms with Crippen LogP contribution in [-0.4, -0.2) is 46.4 Å². The van der Waals surface area contributed by atoms with Gasteiger partial charge in [-0.3, -0.25) is 9.20 Å². The Morgan fingerprint density at radius 3 is 2.85 bits per heavy atom. The fourth-order valence-corrected chi connectivity index (χ4v) is 2.74. The van der Waals surface area contributed by atoms with E-state index in [1.165, 1.54) is 0 Å². The molecule has 0 radical (unpaired) electrons. The van der Waals surface area contributed by atoms with E-state index in [1.54, 1.807) is 0 Å². The maximum Gasteiger partial charge on any atom is 0.272 e. The number of imidazole rings is 1. The van der Waals surface area contributed by atoms with Crippen LogP contribution in [0.15, 0.2) is 18.3 Å². The molecule has 0 aromatic carbocycles. The summed E-state index contributed by atoms with van der Waals surface area (Å²) in [6, 6.07) is 4.00. The van der Waals surface area contributed by atoms with Crippen LogP contribution in [0.2, 0.25) is 0 Å². The maximum absolute atomic E-state index is 12.8. The van der Waals surface area contributed by atoms with Crippen molar-refractivity contribution in [1.29, 1.82) is 0 Å². The van der Waals surface area contributed by atoms with Crippen molar-refractivity contribution < 1.29 is 4.79 Å². The number of carbonyl (C=O) groups excluding carboxylic acids is 1. The Balaban J connectivity index is 2.09. The molecule has 1 N–H and O–H groups in total. The zero-order valence-electron chi connectivity index (χ0n) is 12.0. The molecular weight excluding hydrogens is 252 g/mol. The number of hydrogen-bond acceptors (Lipinski definition) is 3. The van der Waals surface area contributed by atoms with E-state index < -0.39 is 0 Å². The van der Waals surface area contributed by atoms with Crippen LogP contribution in [0.1, 0.15) is 28.7 Å². The van der Waals surface area contributed by atoms with Crippen molar-refractivity contribution in [2.45, 2.75) is 20.3 Å². The van der Waals surface area contributed by atoms with Crippen molar-refractivity contribution >= 4 is 11.6 Å². The maximum atomic E-state index is 12.8. The van der Waals surface area contributed by atoms with Gasteiger partial charge >= 0.3 is 0 Å². The number of fused-ring (bicyclic) bond motifs is 1. The molecule has 1 fully saturated rings. The van der Waals surface area contributed by atoms with Crippen molar-refractivity contribution in [3.8, 4) is 0 Å². The lowest BCUT2D eigenvalue weighted by Gasteiger charge is -2.27. The molecule has 1 saturated heterocycles. The molecule has 2 aromatic rings. The van der Waals surface area contributed by atoms with Crippen LogP contribution in [0.25, 0.3) is 5.65 Å². The quantitative estimate of drug-likeness (QED) is 0.895. The summed E-state index contributed by atoms with van der Waals surface area (Å²) in [5.74, 6) is 0.0986. The predicted octanol–water partition coefficient (Wildman–Crippen LogP) is 1.25. The molecule has 1 aliphatic rings. The summed E-state index contributed by atoms with van der Waals surface area (Å²) in [5, 5.41) is 3.27. The van der Waals surface area contributed by atoms with Crippen LogP contribution in [-0.2, 0) is 6.42 Å². The zero-order chi connectivity index (χ0) is 14.1. The first-order valence-corrected chi connectivity index (χ1v) is 7.19. The number of nitrogens with one attached hydrogen (secondary N) is 1. The third-order valence-electron chi connectivity index (χ3n) is 3.86. The van der Waals surface area contributed by atoms with E-state index in [0.29, 0.717) is 0 Å². The second-order valence-corrected chi connectivity index (χ2v) is 5.19. The monoisotopic (exact) mass is 272 g/mol. The summed E-state index contributed by atoms with van der Waals surface area (Å²) in [6.45, 7) is 7.33. The van der Waals surface area contributed by atoms with Gasteiger partial charge in [-0.2, -0.15) is 0 Å². The average Bonchev–Trinajstić information content (AvgIpc) is 2.87. The van der Waals surface area contributed by atoms with Crippen molar-refractivity contribution in [3.05, 3.63) is 35.3 Å². The van der Waals surface area contributed by atoms with Gasteiger partial charge in [0.05, 0.1) is 5.69 Å². The van der Waals surface area contributed by atoms with Crippen molar-refractivity contribution in [2.24, 2.45) is 0 Å². The third kappa shape index (κ3) is 2.08. The lowest BCUT2D eigenvalue weighted by atomic mass is 10.2. The topological polar surface area (TPSA) is 49.6 Å². The third-order valence-corrected chi connectivity index (χ3v) is 3.86. The Morgan fingerprint density at radius 2 is 2.15 bits per heavy atom. The highest BCUT2D eigenvalue weighted by Crippen LogP contribution is 2.18. The molecule has 5 nitrogen and oxygen atoms in total. The number of pyridine rings is 1. The van der Waals surface area contributed by atoms with E-state index >= 15 is 0 Å². The van der Waals surface area contributed by atoms with Crippen LogP contribution in [0.4, 0.5) is 0 Å². The standard InChI is InChI=1S/C15H20N4O/c1-3-12-13(15(20)18-9-6-16-7-10-18)19-8-4-5-11(2)14(19)17-12/h4-5,8,16H,3,6-7,9-10H2,1-2H3. The second-order valence-electron chi connectivity index (χ2n) is 5.19. The average molecular weight is 272 g/mol. The summed E-state index contributed by atoms with van der Waals surface area (Å²) in [7, 11) is 0. The summed E-state index contributed by atoms with van der Waals surface area (Å²) in [4.78, 5) is 19.4. The number of aryl methyl sites for hydroxylation is 2. The Bertz CT molecular complexity index is 641. The van der Waals surface area contributed by atoms with Crippen LogP contribution >= 0.6 is 0 Å². The molecule has 0 aliphatic carbocycles. The van der Waals surface area contributed by atoms with Gasteiger partial charge in [-0.1, -0.05) is 13.0 Å². The van der Waals surface area contributed by atoms with E-state index in [-0.39, 0.29) is 5.91 Å². The molecule has 1 amide bonds. The van der Waals surface area contributed by atoms with Gasteiger partial charge in [0.15, 0.2) is 0 Å². The molecule has 0 unspecified atom stereocenters. The molecule has 0 saturated carbocycles. The van der Waals surface area contributed by atoms with Crippen molar-refractivity contribution in [1.82, 2.24) is 19.6 Å². The predicted molar refractivity (Wildman–Crippen MR) is 78.1 cm³/mol. The first kappa shape index (κ1) is 13.1. The summed E-state index contributed by atoms with van der Waals surface area (Å²) < 4.78 is 1.94. The number of hydrogen-bond donors (Lipinski definition) is 1. The number of aromatic nitrogens is 2. The Kier molecular flexibility index (Phi) is 3.44. The van der Waals surface area contributed by atoms with Gasteiger partial charge in [0, 0.05) is 32.4 Å². The lowest BCUT2D eigenvalue weighted by Crippen LogP contribution is -2.46. The van der Waals surface area contributed by atoms with E-state index in [1.807, 2.05) is 41.5 Å². The van der Waals surface area contributed by atoms with Gasteiger partial charge in [0.2, 0.25) is 0 Å². The first-order chi connectivity index (χ1) is 9.72. The highest BCUT2D eigenvalue weighted by molar-refractivity contribution is 5.95. The van der Waals surface area contributed by atoms with Crippen molar-refractivity contribution in [3.63, 3.8) is 0 Å². The summed E-state index contributed by atoms with van der Waals surface area (Å²) in [6.07, 6.45) is 2.71. The highest BCUT2D eigenvalue weighted by atomic mass is 16.2. The second kappa shape index (κ2) is 5.25. The fraction of sp³-hybridized carbons (Fsp3) is 0.467. The molecule has 20 heavy (non-hydrogen) atoms. The van der Waals surface area contributed by atoms with Crippen LogP contribution in [0, 0.1) is 6.92 Å². The molecule has 0 atom stereocenters.